The number of anilines is 1. The van der Waals surface area contributed by atoms with Gasteiger partial charge in [0.15, 0.2) is 0 Å². The van der Waals surface area contributed by atoms with Gasteiger partial charge in [-0.15, -0.1) is 0 Å². The molecule has 21 heavy (non-hydrogen) atoms. The van der Waals surface area contributed by atoms with Crippen LogP contribution in [0.3, 0.4) is 0 Å². The third-order valence-corrected chi connectivity index (χ3v) is 4.28. The first-order valence-electron chi connectivity index (χ1n) is 6.60. The van der Waals surface area contributed by atoms with Crippen LogP contribution in [-0.4, -0.2) is 45.2 Å². The molecule has 7 nitrogen and oxygen atoms in total. The first kappa shape index (κ1) is 15.7. The smallest absolute Gasteiger partial charge is 0.251 e. The van der Waals surface area contributed by atoms with Crippen molar-refractivity contribution in [3.05, 3.63) is 23.8 Å². The van der Waals surface area contributed by atoms with Gasteiger partial charge < -0.3 is 20.3 Å². The molecule has 3 N–H and O–H groups in total. The second kappa shape index (κ2) is 6.88. The molecule has 116 valence electrons. The van der Waals surface area contributed by atoms with Crippen LogP contribution in [0.5, 0.6) is 5.75 Å². The largest absolute Gasteiger partial charge is 0.760 e. The topological polar surface area (TPSA) is 108 Å². The fourth-order valence-electron chi connectivity index (χ4n) is 2.27. The highest BCUT2D eigenvalue weighted by Gasteiger charge is 2.21. The van der Waals surface area contributed by atoms with Crippen molar-refractivity contribution in [3.8, 4) is 5.75 Å². The molecule has 1 aromatic rings. The van der Waals surface area contributed by atoms with Crippen molar-refractivity contribution in [2.75, 3.05) is 25.9 Å². The summed E-state index contributed by atoms with van der Waals surface area (Å²) < 4.78 is 28.1. The molecule has 1 aromatic carbocycles. The Kier molecular flexibility index (Phi) is 5.16. The molecule has 0 aliphatic carbocycles. The minimum Gasteiger partial charge on any atom is -0.760 e. The van der Waals surface area contributed by atoms with Gasteiger partial charge in [-0.25, -0.2) is 4.31 Å². The number of carbonyl (C=O) groups is 1. The lowest BCUT2D eigenvalue weighted by Gasteiger charge is -2.32. The number of nitrogens with one attached hydrogen (secondary N) is 1. The van der Waals surface area contributed by atoms with E-state index in [4.69, 9.17) is 10.5 Å². The number of nitrogens with two attached hydrogens (primary N) is 1. The normalized spacial score (nSPS) is 18.2. The Bertz CT molecular complexity index is 544. The summed E-state index contributed by atoms with van der Waals surface area (Å²) in [5, 5.41) is 2.90. The lowest BCUT2D eigenvalue weighted by atomic mass is 10.1. The van der Waals surface area contributed by atoms with Gasteiger partial charge in [0, 0.05) is 36.0 Å². The van der Waals surface area contributed by atoms with E-state index >= 15 is 0 Å². The van der Waals surface area contributed by atoms with E-state index in [1.54, 1.807) is 18.2 Å². The standard InChI is InChI=1S/C13H19N3O4S/c1-20-12-8-9(2-3-11(12)14)13(17)15-10-4-6-16(7-5-10)21(18)19/h2-3,8,10H,4-7,14H2,1H3,(H,15,17)(H,18,19)/p-1. The lowest BCUT2D eigenvalue weighted by Crippen LogP contribution is -2.45. The molecule has 1 fully saturated rings. The maximum atomic E-state index is 12.2. The van der Waals surface area contributed by atoms with Gasteiger partial charge in [-0.3, -0.25) is 9.00 Å². The summed E-state index contributed by atoms with van der Waals surface area (Å²) >= 11 is -2.18. The summed E-state index contributed by atoms with van der Waals surface area (Å²) in [6, 6.07) is 4.82. The van der Waals surface area contributed by atoms with E-state index in [9.17, 15) is 13.6 Å². The van der Waals surface area contributed by atoms with Gasteiger partial charge in [-0.05, 0) is 31.0 Å². The molecule has 0 saturated carbocycles. The lowest BCUT2D eigenvalue weighted by molar-refractivity contribution is 0.0923. The monoisotopic (exact) mass is 312 g/mol. The predicted molar refractivity (Wildman–Crippen MR) is 78.4 cm³/mol. The van der Waals surface area contributed by atoms with Gasteiger partial charge in [0.2, 0.25) is 0 Å². The SMILES string of the molecule is COc1cc(C(=O)NC2CCN(S(=O)[O-])CC2)ccc1N. The predicted octanol–water partition coefficient (Wildman–Crippen LogP) is 0.266. The van der Waals surface area contributed by atoms with E-state index in [1.807, 2.05) is 0 Å². The summed E-state index contributed by atoms with van der Waals surface area (Å²) in [6.07, 6.45) is 1.21. The van der Waals surface area contributed by atoms with Crippen LogP contribution in [-0.2, 0) is 11.3 Å². The minimum absolute atomic E-state index is 0.0270. The van der Waals surface area contributed by atoms with Crippen molar-refractivity contribution in [1.29, 1.82) is 0 Å². The third-order valence-electron chi connectivity index (χ3n) is 3.50. The average Bonchev–Trinajstić information content (AvgIpc) is 2.48. The molecule has 2 rings (SSSR count). The van der Waals surface area contributed by atoms with Crippen molar-refractivity contribution in [2.45, 2.75) is 18.9 Å². The maximum Gasteiger partial charge on any atom is 0.251 e. The number of rotatable bonds is 4. The van der Waals surface area contributed by atoms with Crippen LogP contribution in [0.1, 0.15) is 23.2 Å². The molecule has 1 aliphatic heterocycles. The Labute approximate surface area is 125 Å². The molecular formula is C13H18N3O4S-. The first-order valence-corrected chi connectivity index (χ1v) is 7.63. The Morgan fingerprint density at radius 2 is 2.14 bits per heavy atom. The zero-order chi connectivity index (χ0) is 15.4. The van der Waals surface area contributed by atoms with Crippen molar-refractivity contribution in [3.63, 3.8) is 0 Å². The highest BCUT2D eigenvalue weighted by atomic mass is 32.2. The second-order valence-corrected chi connectivity index (χ2v) is 5.80. The molecule has 0 bridgehead atoms. The van der Waals surface area contributed by atoms with Crippen LogP contribution < -0.4 is 15.8 Å². The summed E-state index contributed by atoms with van der Waals surface area (Å²) in [7, 11) is 1.49. The minimum atomic E-state index is -2.18. The summed E-state index contributed by atoms with van der Waals surface area (Å²) in [5.41, 5.74) is 6.65. The van der Waals surface area contributed by atoms with Crippen LogP contribution in [0.2, 0.25) is 0 Å². The summed E-state index contributed by atoms with van der Waals surface area (Å²) in [5.74, 6) is 0.245. The number of benzene rings is 1. The molecule has 0 aromatic heterocycles. The van der Waals surface area contributed by atoms with E-state index in [2.05, 4.69) is 5.32 Å². The molecule has 1 heterocycles. The number of hydrogen-bond donors (Lipinski definition) is 2. The Morgan fingerprint density at radius 1 is 1.48 bits per heavy atom. The van der Waals surface area contributed by atoms with E-state index in [0.29, 0.717) is 42.9 Å². The second-order valence-electron chi connectivity index (χ2n) is 4.85. The van der Waals surface area contributed by atoms with E-state index in [-0.39, 0.29) is 11.9 Å². The van der Waals surface area contributed by atoms with Crippen molar-refractivity contribution >= 4 is 22.9 Å². The van der Waals surface area contributed by atoms with E-state index in [1.165, 1.54) is 11.4 Å². The number of ether oxygens (including phenoxy) is 1. The molecular weight excluding hydrogens is 294 g/mol. The fraction of sp³-hybridized carbons (Fsp3) is 0.462. The van der Waals surface area contributed by atoms with Crippen LogP contribution in [0, 0.1) is 0 Å². The van der Waals surface area contributed by atoms with Gasteiger partial charge in [0.05, 0.1) is 12.8 Å². The van der Waals surface area contributed by atoms with Gasteiger partial charge >= 0.3 is 0 Å². The molecule has 1 atom stereocenters. The van der Waals surface area contributed by atoms with Gasteiger partial charge in [0.1, 0.15) is 5.75 Å². The highest BCUT2D eigenvalue weighted by molar-refractivity contribution is 7.76. The zero-order valence-corrected chi connectivity index (χ0v) is 12.5. The Balaban J connectivity index is 1.95. The maximum absolute atomic E-state index is 12.2. The molecule has 1 amide bonds. The summed E-state index contributed by atoms with van der Waals surface area (Å²) in [4.78, 5) is 12.2. The first-order chi connectivity index (χ1) is 10.0. The van der Waals surface area contributed by atoms with Crippen molar-refractivity contribution in [2.24, 2.45) is 0 Å². The van der Waals surface area contributed by atoms with E-state index < -0.39 is 11.3 Å². The number of methoxy groups -OCH3 is 1. The molecule has 1 saturated heterocycles. The van der Waals surface area contributed by atoms with Gasteiger partial charge in [0.25, 0.3) is 5.91 Å². The highest BCUT2D eigenvalue weighted by Crippen LogP contribution is 2.22. The van der Waals surface area contributed by atoms with Gasteiger partial charge in [-0.1, -0.05) is 0 Å². The van der Waals surface area contributed by atoms with Crippen molar-refractivity contribution < 1.29 is 18.3 Å². The molecule has 0 radical (unpaired) electrons. The Morgan fingerprint density at radius 3 is 2.71 bits per heavy atom. The van der Waals surface area contributed by atoms with Crippen molar-refractivity contribution in [1.82, 2.24) is 9.62 Å². The fourth-order valence-corrected chi connectivity index (χ4v) is 2.78. The number of amides is 1. The average molecular weight is 312 g/mol. The summed E-state index contributed by atoms with van der Waals surface area (Å²) in [6.45, 7) is 0.845. The molecule has 0 spiro atoms. The number of hydrogen-bond acceptors (Lipinski definition) is 5. The van der Waals surface area contributed by atoms with Crippen LogP contribution in [0.15, 0.2) is 18.2 Å². The quantitative estimate of drug-likeness (QED) is 0.613. The molecule has 1 unspecified atom stereocenters. The third kappa shape index (κ3) is 3.93. The molecule has 1 aliphatic rings. The number of nitrogen functional groups attached to an aromatic ring is 1. The Hall–Kier alpha value is -1.64. The zero-order valence-electron chi connectivity index (χ0n) is 11.7. The number of carbonyl (C=O) groups excluding carboxylic acids is 1. The van der Waals surface area contributed by atoms with Crippen LogP contribution >= 0.6 is 0 Å². The molecule has 8 heteroatoms. The number of piperidine rings is 1. The van der Waals surface area contributed by atoms with Gasteiger partial charge in [-0.2, -0.15) is 0 Å². The number of nitrogens with zero attached hydrogens (tertiary/aromatic N) is 1. The van der Waals surface area contributed by atoms with Crippen LogP contribution in [0.4, 0.5) is 5.69 Å². The van der Waals surface area contributed by atoms with E-state index in [0.717, 1.165) is 0 Å². The van der Waals surface area contributed by atoms with Crippen LogP contribution in [0.25, 0.3) is 0 Å².